The third kappa shape index (κ3) is 4.81. The van der Waals surface area contributed by atoms with Crippen molar-refractivity contribution in [3.05, 3.63) is 101 Å². The Morgan fingerprint density at radius 1 is 1.03 bits per heavy atom. The fourth-order valence-corrected chi connectivity index (χ4v) is 3.67. The second-order valence-corrected chi connectivity index (χ2v) is 7.70. The summed E-state index contributed by atoms with van der Waals surface area (Å²) in [7, 11) is 0. The minimum Gasteiger partial charge on any atom is -0.462 e. The van der Waals surface area contributed by atoms with Gasteiger partial charge < -0.3 is 10.1 Å². The fraction of sp³-hybridized carbons (Fsp3) is 0.160. The van der Waals surface area contributed by atoms with Crippen LogP contribution in [0.1, 0.15) is 34.3 Å². The smallest absolute Gasteiger partial charge is 0.342 e. The van der Waals surface area contributed by atoms with Gasteiger partial charge >= 0.3 is 12.0 Å². The number of nitrogens with one attached hydrogen (secondary N) is 1. The van der Waals surface area contributed by atoms with Crippen molar-refractivity contribution < 1.29 is 14.3 Å². The number of amides is 2. The molecule has 4 rings (SSSR count). The molecule has 2 amide bonds. The van der Waals surface area contributed by atoms with E-state index in [1.54, 1.807) is 31.2 Å². The molecule has 0 saturated heterocycles. The van der Waals surface area contributed by atoms with Gasteiger partial charge in [0.25, 0.3) is 0 Å². The van der Waals surface area contributed by atoms with E-state index in [0.717, 1.165) is 16.8 Å². The standard InChI is InChI=1S/C25H22ClN3O3/c1-2-32-24(30)19-10-14-21(15-11-19)27-25(31)29-16-22(17-6-4-3-5-7-17)23(28-29)18-8-12-20(26)13-9-18/h3-15,22H,2,16H2,1H3,(H,27,31). The molecule has 0 bridgehead atoms. The molecule has 0 radical (unpaired) electrons. The molecule has 0 saturated carbocycles. The van der Waals surface area contributed by atoms with E-state index >= 15 is 0 Å². The van der Waals surface area contributed by atoms with E-state index in [1.807, 2.05) is 54.6 Å². The number of urea groups is 1. The Hall–Kier alpha value is -3.64. The lowest BCUT2D eigenvalue weighted by atomic mass is 9.91. The predicted octanol–water partition coefficient (Wildman–Crippen LogP) is 5.55. The number of nitrogens with zero attached hydrogens (tertiary/aromatic N) is 2. The molecule has 0 aromatic heterocycles. The Kier molecular flexibility index (Phi) is 6.52. The lowest BCUT2D eigenvalue weighted by molar-refractivity contribution is 0.0526. The number of hydrogen-bond acceptors (Lipinski definition) is 4. The van der Waals surface area contributed by atoms with Crippen LogP contribution in [-0.4, -0.2) is 35.9 Å². The zero-order chi connectivity index (χ0) is 22.5. The van der Waals surface area contributed by atoms with Gasteiger partial charge in [-0.25, -0.2) is 14.6 Å². The molecule has 3 aromatic rings. The molecule has 6 nitrogen and oxygen atoms in total. The van der Waals surface area contributed by atoms with Crippen LogP contribution < -0.4 is 5.32 Å². The SMILES string of the molecule is CCOC(=O)c1ccc(NC(=O)N2CC(c3ccccc3)C(c3ccc(Cl)cc3)=N2)cc1. The average Bonchev–Trinajstić information content (AvgIpc) is 3.26. The minimum absolute atomic E-state index is 0.0608. The Morgan fingerprint density at radius 3 is 2.38 bits per heavy atom. The molecular formula is C25H22ClN3O3. The number of carbonyl (C=O) groups excluding carboxylic acids is 2. The number of hydrogen-bond donors (Lipinski definition) is 1. The second-order valence-electron chi connectivity index (χ2n) is 7.27. The second kappa shape index (κ2) is 9.66. The Bertz CT molecular complexity index is 1130. The van der Waals surface area contributed by atoms with E-state index in [4.69, 9.17) is 16.3 Å². The molecule has 162 valence electrons. The van der Waals surface area contributed by atoms with Crippen molar-refractivity contribution in [2.45, 2.75) is 12.8 Å². The van der Waals surface area contributed by atoms with Crippen LogP contribution in [-0.2, 0) is 4.74 Å². The molecule has 1 unspecified atom stereocenters. The molecule has 1 aliphatic heterocycles. The van der Waals surface area contributed by atoms with Crippen molar-refractivity contribution in [3.8, 4) is 0 Å². The number of hydrazone groups is 1. The number of halogens is 1. The van der Waals surface area contributed by atoms with Crippen molar-refractivity contribution in [2.24, 2.45) is 5.10 Å². The first-order valence-electron chi connectivity index (χ1n) is 10.3. The van der Waals surface area contributed by atoms with Gasteiger partial charge in [-0.1, -0.05) is 54.1 Å². The summed E-state index contributed by atoms with van der Waals surface area (Å²) in [6.07, 6.45) is 0. The zero-order valence-electron chi connectivity index (χ0n) is 17.5. The molecule has 32 heavy (non-hydrogen) atoms. The van der Waals surface area contributed by atoms with Crippen molar-refractivity contribution in [2.75, 3.05) is 18.5 Å². The molecule has 0 aliphatic carbocycles. The molecule has 1 heterocycles. The van der Waals surface area contributed by atoms with E-state index in [0.29, 0.717) is 29.4 Å². The van der Waals surface area contributed by atoms with Crippen molar-refractivity contribution in [3.63, 3.8) is 0 Å². The Balaban J connectivity index is 1.54. The van der Waals surface area contributed by atoms with Crippen LogP contribution in [0.4, 0.5) is 10.5 Å². The van der Waals surface area contributed by atoms with Crippen LogP contribution in [0.15, 0.2) is 84.0 Å². The van der Waals surface area contributed by atoms with Crippen LogP contribution in [0.3, 0.4) is 0 Å². The summed E-state index contributed by atoms with van der Waals surface area (Å²) in [6.45, 7) is 2.47. The lowest BCUT2D eigenvalue weighted by Crippen LogP contribution is -2.30. The number of rotatable bonds is 5. The summed E-state index contributed by atoms with van der Waals surface area (Å²) in [5, 5.41) is 9.55. The summed E-state index contributed by atoms with van der Waals surface area (Å²) >= 11 is 6.05. The highest BCUT2D eigenvalue weighted by atomic mass is 35.5. The van der Waals surface area contributed by atoms with E-state index in [2.05, 4.69) is 10.4 Å². The lowest BCUT2D eigenvalue weighted by Gasteiger charge is -2.16. The van der Waals surface area contributed by atoms with E-state index in [9.17, 15) is 9.59 Å². The largest absolute Gasteiger partial charge is 0.462 e. The Morgan fingerprint density at radius 2 is 1.72 bits per heavy atom. The summed E-state index contributed by atoms with van der Waals surface area (Å²) in [5.74, 6) is -0.456. The van der Waals surface area contributed by atoms with Gasteiger partial charge in [-0.2, -0.15) is 5.10 Å². The van der Waals surface area contributed by atoms with Crippen LogP contribution in [0, 0.1) is 0 Å². The molecule has 0 spiro atoms. The predicted molar refractivity (Wildman–Crippen MR) is 125 cm³/mol. The molecule has 1 atom stereocenters. The van der Waals surface area contributed by atoms with Gasteiger partial charge in [0.2, 0.25) is 0 Å². The van der Waals surface area contributed by atoms with Crippen molar-refractivity contribution in [1.29, 1.82) is 0 Å². The highest BCUT2D eigenvalue weighted by Gasteiger charge is 2.32. The topological polar surface area (TPSA) is 71.0 Å². The summed E-state index contributed by atoms with van der Waals surface area (Å²) < 4.78 is 4.98. The van der Waals surface area contributed by atoms with Gasteiger partial charge in [0.1, 0.15) is 0 Å². The minimum atomic E-state index is -0.396. The Labute approximate surface area is 191 Å². The van der Waals surface area contributed by atoms with E-state index < -0.39 is 5.97 Å². The number of anilines is 1. The highest BCUT2D eigenvalue weighted by molar-refractivity contribution is 6.30. The molecule has 7 heteroatoms. The third-order valence-corrected chi connectivity index (χ3v) is 5.39. The van der Waals surface area contributed by atoms with Gasteiger partial charge in [-0.3, -0.25) is 0 Å². The average molecular weight is 448 g/mol. The van der Waals surface area contributed by atoms with Crippen LogP contribution >= 0.6 is 11.6 Å². The van der Waals surface area contributed by atoms with Crippen molar-refractivity contribution >= 4 is 35.0 Å². The first-order chi connectivity index (χ1) is 15.5. The van der Waals surface area contributed by atoms with Gasteiger partial charge in [0.05, 0.1) is 24.4 Å². The number of benzene rings is 3. The first-order valence-corrected chi connectivity index (χ1v) is 10.7. The maximum Gasteiger partial charge on any atom is 0.342 e. The highest BCUT2D eigenvalue weighted by Crippen LogP contribution is 2.29. The number of ether oxygens (including phenoxy) is 1. The molecule has 1 N–H and O–H groups in total. The first kappa shape index (κ1) is 21.6. The maximum absolute atomic E-state index is 12.9. The van der Waals surface area contributed by atoms with E-state index in [1.165, 1.54) is 5.01 Å². The van der Waals surface area contributed by atoms with Crippen LogP contribution in [0.25, 0.3) is 0 Å². The van der Waals surface area contributed by atoms with Gasteiger partial charge in [0, 0.05) is 16.6 Å². The number of carbonyl (C=O) groups is 2. The number of esters is 1. The van der Waals surface area contributed by atoms with Crippen LogP contribution in [0.5, 0.6) is 0 Å². The molecular weight excluding hydrogens is 426 g/mol. The maximum atomic E-state index is 12.9. The normalized spacial score (nSPS) is 15.2. The van der Waals surface area contributed by atoms with Gasteiger partial charge in [-0.05, 0) is 54.4 Å². The molecule has 1 aliphatic rings. The third-order valence-electron chi connectivity index (χ3n) is 5.14. The summed E-state index contributed by atoms with van der Waals surface area (Å²) in [5.41, 5.74) is 3.79. The summed E-state index contributed by atoms with van der Waals surface area (Å²) in [6, 6.07) is 23.6. The van der Waals surface area contributed by atoms with Gasteiger partial charge in [0.15, 0.2) is 0 Å². The molecule has 3 aromatic carbocycles. The van der Waals surface area contributed by atoms with Gasteiger partial charge in [-0.15, -0.1) is 0 Å². The zero-order valence-corrected chi connectivity index (χ0v) is 18.3. The molecule has 0 fully saturated rings. The fourth-order valence-electron chi connectivity index (χ4n) is 3.55. The van der Waals surface area contributed by atoms with E-state index in [-0.39, 0.29) is 11.9 Å². The van der Waals surface area contributed by atoms with Crippen molar-refractivity contribution in [1.82, 2.24) is 5.01 Å². The quantitative estimate of drug-likeness (QED) is 0.521. The monoisotopic (exact) mass is 447 g/mol. The summed E-state index contributed by atoms with van der Waals surface area (Å²) in [4.78, 5) is 24.7. The van der Waals surface area contributed by atoms with Crippen LogP contribution in [0.2, 0.25) is 5.02 Å².